The minimum absolute atomic E-state index is 0.160. The van der Waals surface area contributed by atoms with Crippen LogP contribution in [0.3, 0.4) is 0 Å². The molecule has 27 heavy (non-hydrogen) atoms. The van der Waals surface area contributed by atoms with Crippen LogP contribution < -0.4 is 15.0 Å². The van der Waals surface area contributed by atoms with E-state index in [9.17, 15) is 9.18 Å². The molecular formula is C19H20FN5O2. The summed E-state index contributed by atoms with van der Waals surface area (Å²) in [6.07, 6.45) is 0. The van der Waals surface area contributed by atoms with E-state index in [2.05, 4.69) is 15.5 Å². The summed E-state index contributed by atoms with van der Waals surface area (Å²) >= 11 is 0. The van der Waals surface area contributed by atoms with Crippen molar-refractivity contribution in [3.63, 3.8) is 0 Å². The second kappa shape index (κ2) is 7.45. The van der Waals surface area contributed by atoms with Gasteiger partial charge >= 0.3 is 0 Å². The summed E-state index contributed by atoms with van der Waals surface area (Å²) < 4.78 is 20.4. The first-order valence-electron chi connectivity index (χ1n) is 8.25. The number of hydrogen-bond acceptors (Lipinski definition) is 5. The molecule has 0 aliphatic heterocycles. The monoisotopic (exact) mass is 369 g/mol. The summed E-state index contributed by atoms with van der Waals surface area (Å²) in [6, 6.07) is 11.5. The van der Waals surface area contributed by atoms with Gasteiger partial charge in [-0.05, 0) is 36.4 Å². The lowest BCUT2D eigenvalue weighted by molar-refractivity contribution is -0.114. The normalized spacial score (nSPS) is 10.6. The first-order chi connectivity index (χ1) is 12.9. The molecule has 0 radical (unpaired) electrons. The number of aromatic nitrogens is 3. The largest absolute Gasteiger partial charge is 0.496 e. The Bertz CT molecular complexity index is 969. The summed E-state index contributed by atoms with van der Waals surface area (Å²) in [5, 5.41) is 11.3. The predicted molar refractivity (Wildman–Crippen MR) is 102 cm³/mol. The van der Waals surface area contributed by atoms with Crippen LogP contribution >= 0.6 is 0 Å². The molecule has 1 aromatic heterocycles. The van der Waals surface area contributed by atoms with Crippen molar-refractivity contribution < 1.29 is 13.9 Å². The van der Waals surface area contributed by atoms with Crippen molar-refractivity contribution in [2.24, 2.45) is 7.05 Å². The minimum atomic E-state index is -0.296. The van der Waals surface area contributed by atoms with Crippen LogP contribution in [0.15, 0.2) is 42.5 Å². The fourth-order valence-corrected chi connectivity index (χ4v) is 2.78. The van der Waals surface area contributed by atoms with Gasteiger partial charge < -0.3 is 15.0 Å². The van der Waals surface area contributed by atoms with E-state index in [1.165, 1.54) is 19.1 Å². The SMILES string of the molecule is COc1cc(NC(C)=O)ccc1-c1nnc(N(C)c2ccc(F)cc2)n1C. The van der Waals surface area contributed by atoms with Crippen molar-refractivity contribution in [3.8, 4) is 17.1 Å². The standard InChI is InChI=1S/C19H20FN5O2/c1-12(26)21-14-7-10-16(17(11-14)27-4)18-22-23-19(25(18)3)24(2)15-8-5-13(20)6-9-15/h5-11H,1-4H3,(H,21,26). The molecule has 0 fully saturated rings. The van der Waals surface area contributed by atoms with E-state index in [4.69, 9.17) is 4.74 Å². The van der Waals surface area contributed by atoms with Gasteiger partial charge in [-0.15, -0.1) is 10.2 Å². The molecular weight excluding hydrogens is 349 g/mol. The number of amides is 1. The second-order valence-electron chi connectivity index (χ2n) is 6.01. The van der Waals surface area contributed by atoms with Crippen LogP contribution in [0.4, 0.5) is 21.7 Å². The smallest absolute Gasteiger partial charge is 0.231 e. The molecule has 7 nitrogen and oxygen atoms in total. The average molecular weight is 369 g/mol. The Morgan fingerprint density at radius 2 is 1.89 bits per heavy atom. The van der Waals surface area contributed by atoms with Gasteiger partial charge in [-0.3, -0.25) is 9.36 Å². The van der Waals surface area contributed by atoms with E-state index in [-0.39, 0.29) is 11.7 Å². The summed E-state index contributed by atoms with van der Waals surface area (Å²) in [5.74, 6) is 1.30. The number of ether oxygens (including phenoxy) is 1. The third-order valence-corrected chi connectivity index (χ3v) is 4.13. The lowest BCUT2D eigenvalue weighted by atomic mass is 10.1. The van der Waals surface area contributed by atoms with E-state index >= 15 is 0 Å². The maximum Gasteiger partial charge on any atom is 0.231 e. The van der Waals surface area contributed by atoms with Gasteiger partial charge in [0, 0.05) is 38.5 Å². The molecule has 3 aromatic rings. The molecule has 2 aromatic carbocycles. The van der Waals surface area contributed by atoms with E-state index in [0.29, 0.717) is 23.2 Å². The first-order valence-corrected chi connectivity index (χ1v) is 8.25. The number of hydrogen-bond donors (Lipinski definition) is 1. The fourth-order valence-electron chi connectivity index (χ4n) is 2.78. The van der Waals surface area contributed by atoms with Gasteiger partial charge in [0.25, 0.3) is 0 Å². The Kier molecular flexibility index (Phi) is 5.07. The molecule has 0 saturated heterocycles. The zero-order valence-electron chi connectivity index (χ0n) is 15.5. The van der Waals surface area contributed by atoms with Crippen LogP contribution in [0.2, 0.25) is 0 Å². The van der Waals surface area contributed by atoms with Crippen LogP contribution in [0.5, 0.6) is 5.75 Å². The quantitative estimate of drug-likeness (QED) is 0.747. The number of halogens is 1. The molecule has 1 heterocycles. The van der Waals surface area contributed by atoms with Gasteiger partial charge in [0.15, 0.2) is 5.82 Å². The molecule has 0 bridgehead atoms. The van der Waals surface area contributed by atoms with Crippen molar-refractivity contribution in [2.75, 3.05) is 24.4 Å². The van der Waals surface area contributed by atoms with E-state index in [0.717, 1.165) is 11.3 Å². The molecule has 8 heteroatoms. The number of carbonyl (C=O) groups is 1. The number of nitrogens with one attached hydrogen (secondary N) is 1. The van der Waals surface area contributed by atoms with E-state index in [1.807, 2.05) is 29.6 Å². The number of anilines is 3. The van der Waals surface area contributed by atoms with Gasteiger partial charge in [0.1, 0.15) is 11.6 Å². The maximum absolute atomic E-state index is 13.2. The predicted octanol–water partition coefficient (Wildman–Crippen LogP) is 3.36. The summed E-state index contributed by atoms with van der Waals surface area (Å²) in [4.78, 5) is 13.1. The van der Waals surface area contributed by atoms with Crippen LogP contribution in [-0.2, 0) is 11.8 Å². The Hall–Kier alpha value is -3.42. The van der Waals surface area contributed by atoms with Crippen molar-refractivity contribution in [1.29, 1.82) is 0 Å². The molecule has 0 unspecified atom stereocenters. The van der Waals surface area contributed by atoms with E-state index in [1.54, 1.807) is 31.4 Å². The molecule has 0 saturated carbocycles. The molecule has 3 rings (SSSR count). The Labute approximate surface area is 156 Å². The lowest BCUT2D eigenvalue weighted by Gasteiger charge is -2.18. The molecule has 1 N–H and O–H groups in total. The lowest BCUT2D eigenvalue weighted by Crippen LogP contribution is -2.14. The zero-order chi connectivity index (χ0) is 19.6. The van der Waals surface area contributed by atoms with Gasteiger partial charge in [-0.2, -0.15) is 0 Å². The third kappa shape index (κ3) is 3.74. The second-order valence-corrected chi connectivity index (χ2v) is 6.01. The molecule has 0 aliphatic carbocycles. The average Bonchev–Trinajstić information content (AvgIpc) is 3.02. The Morgan fingerprint density at radius 1 is 1.19 bits per heavy atom. The number of benzene rings is 2. The molecule has 0 atom stereocenters. The Balaban J connectivity index is 1.97. The topological polar surface area (TPSA) is 72.3 Å². The van der Waals surface area contributed by atoms with Gasteiger partial charge in [0.2, 0.25) is 11.9 Å². The van der Waals surface area contributed by atoms with Crippen LogP contribution in [0.1, 0.15) is 6.92 Å². The molecule has 140 valence electrons. The van der Waals surface area contributed by atoms with Crippen molar-refractivity contribution in [1.82, 2.24) is 14.8 Å². The summed E-state index contributed by atoms with van der Waals surface area (Å²) in [6.45, 7) is 1.45. The zero-order valence-corrected chi connectivity index (χ0v) is 15.5. The van der Waals surface area contributed by atoms with Crippen molar-refractivity contribution in [3.05, 3.63) is 48.3 Å². The van der Waals surface area contributed by atoms with Crippen LogP contribution in [0, 0.1) is 5.82 Å². The minimum Gasteiger partial charge on any atom is -0.496 e. The molecule has 0 aliphatic rings. The summed E-state index contributed by atoms with van der Waals surface area (Å²) in [5.41, 5.74) is 2.15. The highest BCUT2D eigenvalue weighted by Gasteiger charge is 2.18. The molecule has 1 amide bonds. The molecule has 0 spiro atoms. The van der Waals surface area contributed by atoms with Gasteiger partial charge in [-0.25, -0.2) is 4.39 Å². The highest BCUT2D eigenvalue weighted by atomic mass is 19.1. The van der Waals surface area contributed by atoms with Crippen LogP contribution in [0.25, 0.3) is 11.4 Å². The highest BCUT2D eigenvalue weighted by molar-refractivity contribution is 5.89. The highest BCUT2D eigenvalue weighted by Crippen LogP contribution is 2.33. The fraction of sp³-hybridized carbons (Fsp3) is 0.211. The van der Waals surface area contributed by atoms with Gasteiger partial charge in [0.05, 0.1) is 12.7 Å². The third-order valence-electron chi connectivity index (χ3n) is 4.13. The Morgan fingerprint density at radius 3 is 2.52 bits per heavy atom. The first kappa shape index (κ1) is 18.4. The maximum atomic E-state index is 13.2. The summed E-state index contributed by atoms with van der Waals surface area (Å²) in [7, 11) is 5.22. The van der Waals surface area contributed by atoms with Crippen LogP contribution in [-0.4, -0.2) is 34.8 Å². The van der Waals surface area contributed by atoms with Crippen molar-refractivity contribution in [2.45, 2.75) is 6.92 Å². The number of methoxy groups -OCH3 is 1. The van der Waals surface area contributed by atoms with Crippen molar-refractivity contribution >= 4 is 23.2 Å². The number of nitrogens with zero attached hydrogens (tertiary/aromatic N) is 4. The number of rotatable bonds is 5. The number of carbonyl (C=O) groups excluding carboxylic acids is 1. The van der Waals surface area contributed by atoms with E-state index < -0.39 is 0 Å². The van der Waals surface area contributed by atoms with Gasteiger partial charge in [-0.1, -0.05) is 0 Å².